The highest BCUT2D eigenvalue weighted by Crippen LogP contribution is 2.21. The van der Waals surface area contributed by atoms with Crippen LogP contribution in [0.5, 0.6) is 0 Å². The molecule has 0 aliphatic carbocycles. The molecule has 1 aromatic heterocycles. The average molecular weight is 383 g/mol. The summed E-state index contributed by atoms with van der Waals surface area (Å²) in [7, 11) is 0. The number of rotatable bonds is 8. The summed E-state index contributed by atoms with van der Waals surface area (Å²) in [4.78, 5) is 18.6. The van der Waals surface area contributed by atoms with Crippen molar-refractivity contribution in [3.8, 4) is 0 Å². The van der Waals surface area contributed by atoms with E-state index >= 15 is 0 Å². The number of anilines is 1. The van der Waals surface area contributed by atoms with Gasteiger partial charge in [0.25, 0.3) is 0 Å². The van der Waals surface area contributed by atoms with Crippen LogP contribution in [0.3, 0.4) is 0 Å². The molecule has 1 fully saturated rings. The second kappa shape index (κ2) is 10.5. The number of nitrogens with zero attached hydrogens (tertiary/aromatic N) is 4. The summed E-state index contributed by atoms with van der Waals surface area (Å²) in [5.41, 5.74) is 2.11. The topological polar surface area (TPSA) is 74.6 Å². The van der Waals surface area contributed by atoms with Gasteiger partial charge in [-0.1, -0.05) is 12.1 Å². The Bertz CT molecular complexity index is 754. The molecule has 1 aliphatic heterocycles. The van der Waals surface area contributed by atoms with Crippen LogP contribution in [0.1, 0.15) is 38.2 Å². The van der Waals surface area contributed by atoms with E-state index in [4.69, 9.17) is 0 Å². The van der Waals surface area contributed by atoms with Crippen molar-refractivity contribution in [3.05, 3.63) is 48.3 Å². The molecule has 0 saturated carbocycles. The quantitative estimate of drug-likeness (QED) is 0.418. The predicted octanol–water partition coefficient (Wildman–Crippen LogP) is 2.55. The number of aliphatic imine (C=N–C) groups is 1. The van der Waals surface area contributed by atoms with Gasteiger partial charge in [0.1, 0.15) is 0 Å². The number of carbonyl (C=O) groups is 1. The standard InChI is InChI=1S/C21H30N6O/c1-2-22-21(23-12-5-14-26-15-6-13-25-26)24-17-18-8-10-19(11-9-18)27-16-4-3-7-20(27)28/h6,8-11,13,15H,2-5,7,12,14,16-17H2,1H3,(H2,22,23,24). The highest BCUT2D eigenvalue weighted by Gasteiger charge is 2.19. The van der Waals surface area contributed by atoms with E-state index in [-0.39, 0.29) is 5.91 Å². The second-order valence-electron chi connectivity index (χ2n) is 6.91. The van der Waals surface area contributed by atoms with Gasteiger partial charge in [0.05, 0.1) is 6.54 Å². The molecule has 2 N–H and O–H groups in total. The molecule has 0 bridgehead atoms. The Labute approximate surface area is 166 Å². The summed E-state index contributed by atoms with van der Waals surface area (Å²) in [5.74, 6) is 1.05. The molecular weight excluding hydrogens is 352 g/mol. The van der Waals surface area contributed by atoms with Crippen molar-refractivity contribution in [3.63, 3.8) is 0 Å². The van der Waals surface area contributed by atoms with E-state index in [1.165, 1.54) is 0 Å². The summed E-state index contributed by atoms with van der Waals surface area (Å²) in [6.07, 6.45) is 7.49. The van der Waals surface area contributed by atoms with Gasteiger partial charge in [0, 0.05) is 50.7 Å². The zero-order valence-electron chi connectivity index (χ0n) is 16.6. The molecule has 0 radical (unpaired) electrons. The SMILES string of the molecule is CCNC(=NCc1ccc(N2CCCCC2=O)cc1)NCCCn1cccn1. The minimum Gasteiger partial charge on any atom is -0.357 e. The molecule has 1 aliphatic rings. The van der Waals surface area contributed by atoms with E-state index in [1.54, 1.807) is 6.20 Å². The molecule has 0 unspecified atom stereocenters. The molecular formula is C21H30N6O. The van der Waals surface area contributed by atoms with E-state index in [2.05, 4.69) is 39.8 Å². The first-order valence-corrected chi connectivity index (χ1v) is 10.1. The third-order valence-corrected chi connectivity index (χ3v) is 4.75. The Morgan fingerprint density at radius 2 is 2.07 bits per heavy atom. The van der Waals surface area contributed by atoms with E-state index in [0.29, 0.717) is 13.0 Å². The van der Waals surface area contributed by atoms with Crippen molar-refractivity contribution >= 4 is 17.6 Å². The molecule has 1 aromatic carbocycles. The Morgan fingerprint density at radius 3 is 2.79 bits per heavy atom. The van der Waals surface area contributed by atoms with Gasteiger partial charge in [0.2, 0.25) is 5.91 Å². The first-order chi connectivity index (χ1) is 13.8. The number of aryl methyl sites for hydroxylation is 1. The summed E-state index contributed by atoms with van der Waals surface area (Å²) >= 11 is 0. The van der Waals surface area contributed by atoms with Crippen molar-refractivity contribution < 1.29 is 4.79 Å². The third-order valence-electron chi connectivity index (χ3n) is 4.75. The zero-order chi connectivity index (χ0) is 19.6. The predicted molar refractivity (Wildman–Crippen MR) is 112 cm³/mol. The monoisotopic (exact) mass is 382 g/mol. The summed E-state index contributed by atoms with van der Waals surface area (Å²) in [5, 5.41) is 10.9. The van der Waals surface area contributed by atoms with E-state index in [9.17, 15) is 4.79 Å². The van der Waals surface area contributed by atoms with Crippen LogP contribution in [-0.4, -0.2) is 41.3 Å². The Kier molecular flexibility index (Phi) is 7.46. The number of aromatic nitrogens is 2. The minimum atomic E-state index is 0.228. The molecule has 2 heterocycles. The van der Waals surface area contributed by atoms with Crippen LogP contribution >= 0.6 is 0 Å². The largest absolute Gasteiger partial charge is 0.357 e. The van der Waals surface area contributed by atoms with Gasteiger partial charge >= 0.3 is 0 Å². The first-order valence-electron chi connectivity index (χ1n) is 10.1. The van der Waals surface area contributed by atoms with Gasteiger partial charge < -0.3 is 15.5 Å². The molecule has 1 amide bonds. The summed E-state index contributed by atoms with van der Waals surface area (Å²) < 4.78 is 1.93. The van der Waals surface area contributed by atoms with E-state index in [1.807, 2.05) is 34.0 Å². The number of guanidine groups is 1. The Morgan fingerprint density at radius 1 is 1.21 bits per heavy atom. The fourth-order valence-electron chi connectivity index (χ4n) is 3.25. The highest BCUT2D eigenvalue weighted by molar-refractivity contribution is 5.93. The lowest BCUT2D eigenvalue weighted by Crippen LogP contribution is -2.38. The number of amides is 1. The molecule has 150 valence electrons. The van der Waals surface area contributed by atoms with Gasteiger partial charge in [-0.2, -0.15) is 5.10 Å². The fraction of sp³-hybridized carbons (Fsp3) is 0.476. The highest BCUT2D eigenvalue weighted by atomic mass is 16.2. The number of hydrogen-bond donors (Lipinski definition) is 2. The third kappa shape index (κ3) is 5.84. The van der Waals surface area contributed by atoms with Crippen LogP contribution in [-0.2, 0) is 17.9 Å². The maximum Gasteiger partial charge on any atom is 0.226 e. The van der Waals surface area contributed by atoms with Crippen molar-refractivity contribution in [2.45, 2.75) is 45.7 Å². The summed E-state index contributed by atoms with van der Waals surface area (Å²) in [6, 6.07) is 10.1. The fourth-order valence-corrected chi connectivity index (χ4v) is 3.25. The molecule has 1 saturated heterocycles. The van der Waals surface area contributed by atoms with Gasteiger partial charge in [-0.25, -0.2) is 4.99 Å². The number of piperidine rings is 1. The number of hydrogen-bond acceptors (Lipinski definition) is 3. The molecule has 28 heavy (non-hydrogen) atoms. The lowest BCUT2D eigenvalue weighted by molar-refractivity contribution is -0.119. The smallest absolute Gasteiger partial charge is 0.226 e. The lowest BCUT2D eigenvalue weighted by Gasteiger charge is -2.26. The van der Waals surface area contributed by atoms with Crippen molar-refractivity contribution in [1.82, 2.24) is 20.4 Å². The molecule has 2 aromatic rings. The van der Waals surface area contributed by atoms with Crippen LogP contribution in [0.15, 0.2) is 47.7 Å². The number of carbonyl (C=O) groups excluding carboxylic acids is 1. The summed E-state index contributed by atoms with van der Waals surface area (Å²) in [6.45, 7) is 6.02. The maximum absolute atomic E-state index is 12.0. The van der Waals surface area contributed by atoms with Gasteiger partial charge in [0.15, 0.2) is 5.96 Å². The molecule has 7 nitrogen and oxygen atoms in total. The van der Waals surface area contributed by atoms with E-state index in [0.717, 1.165) is 62.7 Å². The van der Waals surface area contributed by atoms with Crippen molar-refractivity contribution in [2.75, 3.05) is 24.5 Å². The molecule has 7 heteroatoms. The maximum atomic E-state index is 12.0. The number of nitrogens with one attached hydrogen (secondary N) is 2. The van der Waals surface area contributed by atoms with Gasteiger partial charge in [-0.3, -0.25) is 9.48 Å². The zero-order valence-corrected chi connectivity index (χ0v) is 16.6. The van der Waals surface area contributed by atoms with E-state index < -0.39 is 0 Å². The number of benzene rings is 1. The van der Waals surface area contributed by atoms with Crippen molar-refractivity contribution in [2.24, 2.45) is 4.99 Å². The average Bonchev–Trinajstić information content (AvgIpc) is 3.24. The molecule has 3 rings (SSSR count). The van der Waals surface area contributed by atoms with Gasteiger partial charge in [-0.05, 0) is 49.9 Å². The lowest BCUT2D eigenvalue weighted by atomic mass is 10.1. The van der Waals surface area contributed by atoms with Crippen LogP contribution in [0.2, 0.25) is 0 Å². The van der Waals surface area contributed by atoms with Crippen LogP contribution < -0.4 is 15.5 Å². The van der Waals surface area contributed by atoms with Crippen LogP contribution in [0, 0.1) is 0 Å². The van der Waals surface area contributed by atoms with Crippen LogP contribution in [0.25, 0.3) is 0 Å². The van der Waals surface area contributed by atoms with Gasteiger partial charge in [-0.15, -0.1) is 0 Å². The Balaban J connectivity index is 1.49. The molecule has 0 atom stereocenters. The normalized spacial score (nSPS) is 15.0. The molecule has 0 spiro atoms. The van der Waals surface area contributed by atoms with Crippen LogP contribution in [0.4, 0.5) is 5.69 Å². The first kappa shape index (κ1) is 19.9. The minimum absolute atomic E-state index is 0.228. The van der Waals surface area contributed by atoms with Crippen molar-refractivity contribution in [1.29, 1.82) is 0 Å². The Hall–Kier alpha value is -2.83. The second-order valence-corrected chi connectivity index (χ2v) is 6.91.